The second-order valence-electron chi connectivity index (χ2n) is 15.1. The van der Waals surface area contributed by atoms with Gasteiger partial charge in [-0.1, -0.05) is 127 Å². The van der Waals surface area contributed by atoms with Crippen LogP contribution in [-0.4, -0.2) is 16.6 Å². The molecule has 3 atom stereocenters. The lowest BCUT2D eigenvalue weighted by Gasteiger charge is -2.36. The van der Waals surface area contributed by atoms with Crippen LogP contribution >= 0.6 is 11.3 Å². The van der Waals surface area contributed by atoms with Gasteiger partial charge in [-0.25, -0.2) is 4.99 Å². The number of benzene rings is 7. The molecule has 0 saturated heterocycles. The molecule has 3 aromatic heterocycles. The van der Waals surface area contributed by atoms with Gasteiger partial charge in [0.25, 0.3) is 0 Å². The van der Waals surface area contributed by atoms with Gasteiger partial charge in [-0.2, -0.15) is 0 Å². The number of hydrogen-bond acceptors (Lipinski definition) is 5. The third-order valence-electron chi connectivity index (χ3n) is 11.8. The number of aliphatic imine (C=N–C) groups is 1. The molecule has 7 aromatic carbocycles. The molecule has 10 aromatic rings. The van der Waals surface area contributed by atoms with E-state index < -0.39 is 0 Å². The number of allylic oxidation sites excluding steroid dienone is 3. The number of amidine groups is 1. The Morgan fingerprint density at radius 2 is 1.39 bits per heavy atom. The van der Waals surface area contributed by atoms with E-state index in [0.717, 1.165) is 50.9 Å². The van der Waals surface area contributed by atoms with Crippen molar-refractivity contribution in [3.8, 4) is 16.8 Å². The van der Waals surface area contributed by atoms with Gasteiger partial charge in [0, 0.05) is 48.5 Å². The molecule has 0 bridgehead atoms. The number of hydrogen-bond donors (Lipinski definition) is 2. The lowest BCUT2D eigenvalue weighted by atomic mass is 9.95. The van der Waals surface area contributed by atoms with Crippen LogP contribution in [-0.2, 0) is 0 Å². The van der Waals surface area contributed by atoms with Crippen molar-refractivity contribution >= 4 is 81.1 Å². The fourth-order valence-electron chi connectivity index (χ4n) is 9.12. The Bertz CT molecular complexity index is 3260. The summed E-state index contributed by atoms with van der Waals surface area (Å²) in [4.78, 5) is 5.28. The summed E-state index contributed by atoms with van der Waals surface area (Å²) in [5, 5.41) is 14.8. The molecule has 2 aliphatic rings. The molecule has 12 rings (SSSR count). The number of para-hydroxylation sites is 2. The fourth-order valence-corrected chi connectivity index (χ4v) is 10.3. The first-order valence-corrected chi connectivity index (χ1v) is 20.5. The highest BCUT2D eigenvalue weighted by Crippen LogP contribution is 2.43. The number of nitrogens with one attached hydrogen (secondary N) is 2. The SMILES string of the molecule is C1=CCC(C2NC(c3cccc4oc5cc(-c6ccc7sc8c(-n9c%10ccccc%10c%10ccccc%109)cccc8c7c6)ccc5c34)=NC(c3ccccc3)N2)C=C1. The smallest absolute Gasteiger partial charge is 0.136 e. The van der Waals surface area contributed by atoms with Crippen molar-refractivity contribution in [1.29, 1.82) is 0 Å². The average molecular weight is 753 g/mol. The van der Waals surface area contributed by atoms with Crippen molar-refractivity contribution in [2.24, 2.45) is 10.9 Å². The number of aromatic nitrogens is 1. The number of thiophene rings is 1. The minimum atomic E-state index is -0.173. The number of rotatable bonds is 5. The first kappa shape index (κ1) is 32.5. The fraction of sp³-hybridized carbons (Fsp3) is 0.0784. The van der Waals surface area contributed by atoms with E-state index in [9.17, 15) is 0 Å². The van der Waals surface area contributed by atoms with E-state index in [-0.39, 0.29) is 12.3 Å². The van der Waals surface area contributed by atoms with E-state index in [1.807, 2.05) is 11.3 Å². The Morgan fingerprint density at radius 1 is 0.632 bits per heavy atom. The third-order valence-corrected chi connectivity index (χ3v) is 13.0. The standard InChI is InChI=1S/C51H36N4OS/c1-3-13-31(14-4-1)49-52-50(32-15-5-2-6-16-32)54-51(53-49)39-20-12-24-44-47(39)38-27-25-34(30-45(38)56-44)33-26-28-46-40(29-33)37-19-11-23-43(48(37)57-46)55-41-21-9-7-17-35(41)36-18-8-10-22-42(36)55/h1-15,17-30,32,49-50,52H,16H2,(H,53,54). The normalized spacial score (nSPS) is 18.3. The summed E-state index contributed by atoms with van der Waals surface area (Å²) in [5.41, 5.74) is 9.87. The summed E-state index contributed by atoms with van der Waals surface area (Å²) in [6, 6.07) is 54.6. The zero-order valence-electron chi connectivity index (χ0n) is 30.9. The van der Waals surface area contributed by atoms with E-state index in [0.29, 0.717) is 5.92 Å². The highest BCUT2D eigenvalue weighted by Gasteiger charge is 2.30. The van der Waals surface area contributed by atoms with Crippen molar-refractivity contribution in [3.63, 3.8) is 0 Å². The Hall–Kier alpha value is -6.73. The molecule has 5 nitrogen and oxygen atoms in total. The monoisotopic (exact) mass is 752 g/mol. The van der Waals surface area contributed by atoms with Crippen molar-refractivity contribution in [1.82, 2.24) is 15.2 Å². The number of nitrogens with zero attached hydrogens (tertiary/aromatic N) is 2. The highest BCUT2D eigenvalue weighted by molar-refractivity contribution is 7.26. The maximum Gasteiger partial charge on any atom is 0.136 e. The second kappa shape index (κ2) is 12.9. The van der Waals surface area contributed by atoms with Gasteiger partial charge in [-0.3, -0.25) is 5.32 Å². The van der Waals surface area contributed by atoms with Crippen LogP contribution in [0.1, 0.15) is 23.7 Å². The van der Waals surface area contributed by atoms with Gasteiger partial charge in [-0.05, 0) is 71.6 Å². The van der Waals surface area contributed by atoms with Gasteiger partial charge in [0.15, 0.2) is 0 Å². The molecule has 272 valence electrons. The molecule has 0 spiro atoms. The summed E-state index contributed by atoms with van der Waals surface area (Å²) in [6.45, 7) is 0. The summed E-state index contributed by atoms with van der Waals surface area (Å²) in [7, 11) is 0. The van der Waals surface area contributed by atoms with Gasteiger partial charge in [0.05, 0.1) is 27.6 Å². The molecule has 2 N–H and O–H groups in total. The molecule has 0 fully saturated rings. The molecule has 0 radical (unpaired) electrons. The maximum absolute atomic E-state index is 6.65. The number of furan rings is 1. The van der Waals surface area contributed by atoms with Crippen molar-refractivity contribution in [2.45, 2.75) is 18.8 Å². The molecular weight excluding hydrogens is 717 g/mol. The van der Waals surface area contributed by atoms with Crippen LogP contribution in [0.15, 0.2) is 185 Å². The number of fused-ring (bicyclic) bond motifs is 9. The van der Waals surface area contributed by atoms with Crippen LogP contribution in [0.25, 0.3) is 80.7 Å². The Morgan fingerprint density at radius 3 is 2.21 bits per heavy atom. The van der Waals surface area contributed by atoms with Crippen LogP contribution in [0, 0.1) is 5.92 Å². The van der Waals surface area contributed by atoms with E-state index >= 15 is 0 Å². The summed E-state index contributed by atoms with van der Waals surface area (Å²) in [6.07, 6.45) is 9.60. The van der Waals surface area contributed by atoms with Gasteiger partial charge in [0.2, 0.25) is 0 Å². The summed E-state index contributed by atoms with van der Waals surface area (Å²) >= 11 is 1.87. The lowest BCUT2D eigenvalue weighted by Crippen LogP contribution is -2.54. The maximum atomic E-state index is 6.65. The molecule has 1 aliphatic heterocycles. The highest BCUT2D eigenvalue weighted by atomic mass is 32.1. The Labute approximate surface area is 332 Å². The van der Waals surface area contributed by atoms with Gasteiger partial charge in [-0.15, -0.1) is 11.3 Å². The zero-order chi connectivity index (χ0) is 37.5. The minimum Gasteiger partial charge on any atom is -0.456 e. The molecule has 6 heteroatoms. The van der Waals surface area contributed by atoms with Crippen molar-refractivity contribution in [2.75, 3.05) is 0 Å². The molecule has 4 heterocycles. The van der Waals surface area contributed by atoms with Crippen molar-refractivity contribution < 1.29 is 4.42 Å². The van der Waals surface area contributed by atoms with Crippen molar-refractivity contribution in [3.05, 3.63) is 187 Å². The second-order valence-corrected chi connectivity index (χ2v) is 16.2. The molecule has 0 saturated carbocycles. The average Bonchev–Trinajstić information content (AvgIpc) is 3.96. The van der Waals surface area contributed by atoms with E-state index in [1.165, 1.54) is 53.2 Å². The molecule has 0 amide bonds. The van der Waals surface area contributed by atoms with Crippen LogP contribution in [0.3, 0.4) is 0 Å². The minimum absolute atomic E-state index is 0.0186. The van der Waals surface area contributed by atoms with Gasteiger partial charge >= 0.3 is 0 Å². The quantitative estimate of drug-likeness (QED) is 0.184. The Balaban J connectivity index is 0.953. The van der Waals surface area contributed by atoms with Gasteiger partial charge < -0.3 is 14.3 Å². The van der Waals surface area contributed by atoms with E-state index in [2.05, 4.69) is 191 Å². The lowest BCUT2D eigenvalue weighted by molar-refractivity contribution is 0.328. The van der Waals surface area contributed by atoms with E-state index in [4.69, 9.17) is 9.41 Å². The predicted molar refractivity (Wildman–Crippen MR) is 239 cm³/mol. The first-order chi connectivity index (χ1) is 28.2. The molecule has 57 heavy (non-hydrogen) atoms. The largest absolute Gasteiger partial charge is 0.456 e. The topological polar surface area (TPSA) is 54.5 Å². The van der Waals surface area contributed by atoms with Gasteiger partial charge in [0.1, 0.15) is 23.2 Å². The van der Waals surface area contributed by atoms with Crippen LogP contribution in [0.5, 0.6) is 0 Å². The predicted octanol–water partition coefficient (Wildman–Crippen LogP) is 12.8. The first-order valence-electron chi connectivity index (χ1n) is 19.6. The van der Waals surface area contributed by atoms with Crippen LogP contribution < -0.4 is 10.6 Å². The van der Waals surface area contributed by atoms with Crippen LogP contribution in [0.2, 0.25) is 0 Å². The van der Waals surface area contributed by atoms with Crippen LogP contribution in [0.4, 0.5) is 0 Å². The zero-order valence-corrected chi connectivity index (χ0v) is 31.7. The third kappa shape index (κ3) is 5.22. The molecule has 1 aliphatic carbocycles. The molecule has 3 unspecified atom stereocenters. The summed E-state index contributed by atoms with van der Waals surface area (Å²) in [5.74, 6) is 1.18. The van der Waals surface area contributed by atoms with E-state index in [1.54, 1.807) is 0 Å². The molecular formula is C51H36N4OS. The Kier molecular flexibility index (Phi) is 7.37. The summed E-state index contributed by atoms with van der Waals surface area (Å²) < 4.78 is 11.7.